The van der Waals surface area contributed by atoms with Crippen LogP contribution in [0.3, 0.4) is 0 Å². The Balaban J connectivity index is 0. The molecule has 1 radical (unpaired) electrons. The van der Waals surface area contributed by atoms with Gasteiger partial charge in [0, 0.05) is 32.7 Å². The molecule has 0 heterocycles. The van der Waals surface area contributed by atoms with Gasteiger partial charge in [-0.2, -0.15) is 36.4 Å². The molecule has 0 atom stereocenters. The second-order valence-corrected chi connectivity index (χ2v) is 3.58. The predicted octanol–water partition coefficient (Wildman–Crippen LogP) is 3.46. The van der Waals surface area contributed by atoms with Crippen LogP contribution >= 0.6 is 0 Å². The van der Waals surface area contributed by atoms with Crippen LogP contribution in [0.15, 0.2) is 30.3 Å². The molecule has 0 fully saturated rings. The Morgan fingerprint density at radius 2 is 1.67 bits per heavy atom. The van der Waals surface area contributed by atoms with Gasteiger partial charge in [0.2, 0.25) is 6.09 Å². The molecule has 81 valence electrons. The van der Waals surface area contributed by atoms with Gasteiger partial charge in [0.15, 0.2) is 0 Å². The summed E-state index contributed by atoms with van der Waals surface area (Å²) in [5, 5.41) is 0. The van der Waals surface area contributed by atoms with Crippen LogP contribution in [-0.4, -0.2) is 11.7 Å². The van der Waals surface area contributed by atoms with E-state index < -0.39 is 11.7 Å². The zero-order valence-electron chi connectivity index (χ0n) is 9.28. The molecule has 0 saturated heterocycles. The summed E-state index contributed by atoms with van der Waals surface area (Å²) in [6.45, 7) is 5.16. The van der Waals surface area contributed by atoms with Gasteiger partial charge in [0.1, 0.15) is 5.60 Å². The molecule has 0 aliphatic carbocycles. The van der Waals surface area contributed by atoms with Crippen molar-refractivity contribution in [3.63, 3.8) is 0 Å². The van der Waals surface area contributed by atoms with Gasteiger partial charge in [0.05, 0.1) is 0 Å². The van der Waals surface area contributed by atoms with Crippen LogP contribution in [0.25, 0.3) is 5.73 Å². The number of rotatable bonds is 0. The quantitative estimate of drug-likeness (QED) is 0.684. The summed E-state index contributed by atoms with van der Waals surface area (Å²) in [4.78, 5) is 9.90. The molecule has 1 N–H and O–H groups in total. The van der Waals surface area contributed by atoms with E-state index in [4.69, 9.17) is 5.73 Å². The molecule has 0 aliphatic rings. The molecule has 3 nitrogen and oxygen atoms in total. The monoisotopic (exact) mass is 282 g/mol. The fourth-order valence-electron chi connectivity index (χ4n) is 0.620. The molecule has 15 heavy (non-hydrogen) atoms. The molecule has 0 saturated carbocycles. The van der Waals surface area contributed by atoms with Gasteiger partial charge in [-0.3, -0.25) is 4.79 Å². The van der Waals surface area contributed by atoms with Crippen molar-refractivity contribution in [3.05, 3.63) is 42.1 Å². The molecule has 1 aromatic carbocycles. The van der Waals surface area contributed by atoms with Gasteiger partial charge in [-0.1, -0.05) is 0 Å². The summed E-state index contributed by atoms with van der Waals surface area (Å²) in [5.41, 5.74) is 5.86. The fourth-order valence-corrected chi connectivity index (χ4v) is 0.620. The molecule has 1 rings (SSSR count). The average molecular weight is 282 g/mol. The first kappa shape index (κ1) is 17.0. The van der Waals surface area contributed by atoms with Crippen LogP contribution in [0.5, 0.6) is 0 Å². The third kappa shape index (κ3) is 16.3. The van der Waals surface area contributed by atoms with Gasteiger partial charge in [-0.05, 0) is 20.8 Å². The first-order chi connectivity index (χ1) is 6.42. The van der Waals surface area contributed by atoms with Crippen LogP contribution in [0.1, 0.15) is 20.8 Å². The van der Waals surface area contributed by atoms with E-state index in [1.54, 1.807) is 20.8 Å². The van der Waals surface area contributed by atoms with E-state index in [2.05, 4.69) is 10.8 Å². The first-order valence-corrected chi connectivity index (χ1v) is 4.27. The van der Waals surface area contributed by atoms with E-state index in [9.17, 15) is 4.79 Å². The molecule has 0 bridgehead atoms. The Kier molecular flexibility index (Phi) is 10.1. The third-order valence-electron chi connectivity index (χ3n) is 1.01. The van der Waals surface area contributed by atoms with Crippen LogP contribution in [0, 0.1) is 6.07 Å². The Morgan fingerprint density at radius 1 is 1.20 bits per heavy atom. The minimum absolute atomic E-state index is 0. The van der Waals surface area contributed by atoms with Crippen molar-refractivity contribution in [2.75, 3.05) is 0 Å². The van der Waals surface area contributed by atoms with E-state index >= 15 is 0 Å². The van der Waals surface area contributed by atoms with Crippen LogP contribution in [0.4, 0.5) is 4.79 Å². The average Bonchev–Trinajstić information content (AvgIpc) is 2.03. The Morgan fingerprint density at radius 3 is 1.73 bits per heavy atom. The maximum Gasteiger partial charge on any atom is 0.227 e. The van der Waals surface area contributed by atoms with Crippen LogP contribution < -0.4 is 0 Å². The van der Waals surface area contributed by atoms with Crippen molar-refractivity contribution in [2.45, 2.75) is 26.4 Å². The normalized spacial score (nSPS) is 9.00. The summed E-state index contributed by atoms with van der Waals surface area (Å²) in [6, 6.07) is 12.5. The Hall–Kier alpha value is -0.406. The van der Waals surface area contributed by atoms with Gasteiger partial charge < -0.3 is 10.5 Å². The molecule has 0 spiro atoms. The fraction of sp³-hybridized carbons (Fsp3) is 0.364. The Bertz CT molecular complexity index is 230. The topological polar surface area (TPSA) is 50.1 Å². The number of hydrogen-bond acceptors (Lipinski definition) is 2. The molecule has 0 unspecified atom stereocenters. The van der Waals surface area contributed by atoms with E-state index in [1.807, 2.05) is 30.3 Å². The standard InChI is InChI=1S/C6H5.C5H11NO2.Y/c1-2-4-6-5-3-1;1-5(2,3)8-4(6)7;/h1-5H;1-3H3,(H2,6,7);/q-1;;/p-1. The third-order valence-corrected chi connectivity index (χ3v) is 1.01. The second-order valence-electron chi connectivity index (χ2n) is 3.58. The van der Waals surface area contributed by atoms with Gasteiger partial charge in [0.25, 0.3) is 0 Å². The van der Waals surface area contributed by atoms with Gasteiger partial charge >= 0.3 is 0 Å². The first-order valence-electron chi connectivity index (χ1n) is 4.27. The zero-order valence-corrected chi connectivity index (χ0v) is 12.1. The summed E-state index contributed by atoms with van der Waals surface area (Å²) in [6.07, 6.45) is -0.975. The van der Waals surface area contributed by atoms with Crippen molar-refractivity contribution >= 4 is 6.09 Å². The molecular weight excluding hydrogens is 267 g/mol. The number of carbonyl (C=O) groups excluding carboxylic acids is 1. The molecule has 0 aliphatic heterocycles. The van der Waals surface area contributed by atoms with Crippen molar-refractivity contribution < 1.29 is 42.2 Å². The van der Waals surface area contributed by atoms with Crippen molar-refractivity contribution in [1.82, 2.24) is 0 Å². The van der Waals surface area contributed by atoms with Gasteiger partial charge in [-0.15, -0.1) is 0 Å². The van der Waals surface area contributed by atoms with Crippen molar-refractivity contribution in [1.29, 1.82) is 0 Å². The van der Waals surface area contributed by atoms with Gasteiger partial charge in [-0.25, -0.2) is 0 Å². The molecule has 0 aromatic heterocycles. The van der Waals surface area contributed by atoms with E-state index in [0.29, 0.717) is 0 Å². The Labute approximate surface area is 116 Å². The van der Waals surface area contributed by atoms with E-state index in [-0.39, 0.29) is 32.7 Å². The number of carbonyl (C=O) groups is 1. The summed E-state index contributed by atoms with van der Waals surface area (Å²) < 4.78 is 4.47. The number of nitrogens with one attached hydrogen (secondary N) is 1. The minimum Gasteiger partial charge on any atom is -0.632 e. The number of benzene rings is 1. The van der Waals surface area contributed by atoms with Crippen molar-refractivity contribution in [2.24, 2.45) is 0 Å². The smallest absolute Gasteiger partial charge is 0.227 e. The van der Waals surface area contributed by atoms with Crippen molar-refractivity contribution in [3.8, 4) is 0 Å². The number of amides is 1. The molecule has 4 heteroatoms. The number of ether oxygens (including phenoxy) is 1. The van der Waals surface area contributed by atoms with Crippen LogP contribution in [0.2, 0.25) is 0 Å². The minimum atomic E-state index is -0.975. The predicted molar refractivity (Wildman–Crippen MR) is 55.8 cm³/mol. The SMILES string of the molecule is CC(C)(C)OC([NH-])=O.[Y].[c-]1ccccc1. The summed E-state index contributed by atoms with van der Waals surface area (Å²) in [7, 11) is 0. The zero-order chi connectivity index (χ0) is 11.0. The number of hydrogen-bond donors (Lipinski definition) is 0. The van der Waals surface area contributed by atoms with E-state index in [1.165, 1.54) is 0 Å². The summed E-state index contributed by atoms with van der Waals surface area (Å²) >= 11 is 0. The molecule has 1 aromatic rings. The van der Waals surface area contributed by atoms with Crippen LogP contribution in [-0.2, 0) is 37.4 Å². The second kappa shape index (κ2) is 8.87. The summed E-state index contributed by atoms with van der Waals surface area (Å²) in [5.74, 6) is 0. The van der Waals surface area contributed by atoms with E-state index in [0.717, 1.165) is 0 Å². The molecule has 1 amide bonds. The maximum atomic E-state index is 9.90. The maximum absolute atomic E-state index is 9.90. The molecular formula is C11H15NO2Y-2. The largest absolute Gasteiger partial charge is 0.632 e.